The third-order valence-corrected chi connectivity index (χ3v) is 8.20. The van der Waals surface area contributed by atoms with Crippen LogP contribution in [0.1, 0.15) is 54.0 Å². The molecule has 0 aliphatic rings. The molecule has 2 amide bonds. The lowest BCUT2D eigenvalue weighted by Gasteiger charge is -2.39. The van der Waals surface area contributed by atoms with E-state index in [4.69, 9.17) is 9.05 Å². The third kappa shape index (κ3) is 8.01. The van der Waals surface area contributed by atoms with Crippen molar-refractivity contribution in [1.29, 1.82) is 0 Å². The monoisotopic (exact) mass is 523 g/mol. The molecule has 36 heavy (non-hydrogen) atoms. The molecule has 0 fully saturated rings. The first-order valence-electron chi connectivity index (χ1n) is 12.3. The van der Waals surface area contributed by atoms with Crippen molar-refractivity contribution in [2.75, 3.05) is 28.3 Å². The van der Waals surface area contributed by atoms with E-state index in [0.717, 1.165) is 5.56 Å². The zero-order valence-corrected chi connectivity index (χ0v) is 24.7. The number of amides is 2. The van der Waals surface area contributed by atoms with Crippen LogP contribution in [0.2, 0.25) is 0 Å². The molecule has 0 saturated heterocycles. The Bertz CT molecular complexity index is 932. The number of nitrogens with zero attached hydrogens (tertiary/aromatic N) is 1. The Morgan fingerprint density at radius 3 is 1.94 bits per heavy atom. The summed E-state index contributed by atoms with van der Waals surface area (Å²) >= 11 is 0. The lowest BCUT2D eigenvalue weighted by atomic mass is 9.76. The largest absolute Gasteiger partial charge is 0.353 e. The van der Waals surface area contributed by atoms with E-state index in [0.29, 0.717) is 0 Å². The van der Waals surface area contributed by atoms with Crippen molar-refractivity contribution in [2.24, 2.45) is 11.3 Å². The summed E-state index contributed by atoms with van der Waals surface area (Å²) in [4.78, 5) is 29.0. The second-order valence-corrected chi connectivity index (χ2v) is 13.2. The van der Waals surface area contributed by atoms with Gasteiger partial charge in [0.25, 0.3) is 0 Å². The van der Waals surface area contributed by atoms with E-state index in [9.17, 15) is 14.2 Å². The molecule has 0 aliphatic carbocycles. The van der Waals surface area contributed by atoms with Gasteiger partial charge in [-0.3, -0.25) is 14.2 Å². The molecule has 0 spiro atoms. The molecule has 0 radical (unpaired) electrons. The Morgan fingerprint density at radius 2 is 1.53 bits per heavy atom. The molecule has 8 nitrogen and oxygen atoms in total. The number of carbonyl (C=O) groups is 2. The minimum absolute atomic E-state index is 0.00996. The molecule has 3 atom stereocenters. The maximum absolute atomic E-state index is 13.8. The fourth-order valence-corrected chi connectivity index (χ4v) is 5.05. The van der Waals surface area contributed by atoms with Crippen LogP contribution in [0.15, 0.2) is 42.2 Å². The number of benzene rings is 1. The number of hydrogen-bond donors (Lipinski definition) is 2. The standard InChI is InChI=1S/C27H46N3O5P/c1-19(2)21(17-18-36(33,34-10)35-11)30(9)25(32)23(26(3,4)5)29-24(31)22(28-8)27(6,7)20-15-13-12-14-16-20/h12-19,21-23,28H,1-11H3,(H,29,31)/b18-17+/t21-,22-,23-/m1/s1. The summed E-state index contributed by atoms with van der Waals surface area (Å²) in [5, 5.41) is 6.18. The molecule has 1 aromatic rings. The van der Waals surface area contributed by atoms with Crippen LogP contribution in [0.4, 0.5) is 0 Å². The van der Waals surface area contributed by atoms with Crippen LogP contribution in [0.5, 0.6) is 0 Å². The van der Waals surface area contributed by atoms with Gasteiger partial charge in [-0.2, -0.15) is 0 Å². The summed E-state index contributed by atoms with van der Waals surface area (Å²) in [6, 6.07) is 8.08. The second kappa shape index (κ2) is 13.0. The summed E-state index contributed by atoms with van der Waals surface area (Å²) in [7, 11) is 2.68. The number of rotatable bonds is 12. The van der Waals surface area contributed by atoms with E-state index in [1.165, 1.54) is 20.0 Å². The van der Waals surface area contributed by atoms with Gasteiger partial charge in [-0.25, -0.2) is 0 Å². The van der Waals surface area contributed by atoms with Crippen LogP contribution in [-0.2, 0) is 28.6 Å². The molecule has 2 N–H and O–H groups in total. The quantitative estimate of drug-likeness (QED) is 0.390. The van der Waals surface area contributed by atoms with Crippen LogP contribution >= 0.6 is 7.60 Å². The topological polar surface area (TPSA) is 97.0 Å². The predicted molar refractivity (Wildman–Crippen MR) is 146 cm³/mol. The normalized spacial score (nSPS) is 15.6. The van der Waals surface area contributed by atoms with Gasteiger partial charge in [0.15, 0.2) is 0 Å². The second-order valence-electron chi connectivity index (χ2n) is 11.0. The highest BCUT2D eigenvalue weighted by atomic mass is 31.2. The molecule has 0 unspecified atom stereocenters. The molecule has 0 saturated carbocycles. The Labute approximate surface area is 217 Å². The fourth-order valence-electron chi connectivity index (χ4n) is 4.27. The molecule has 0 aromatic heterocycles. The summed E-state index contributed by atoms with van der Waals surface area (Å²) in [5.41, 5.74) is -0.0706. The highest BCUT2D eigenvalue weighted by Crippen LogP contribution is 2.48. The van der Waals surface area contributed by atoms with Crippen molar-refractivity contribution in [3.8, 4) is 0 Å². The first-order chi connectivity index (χ1) is 16.6. The maximum atomic E-state index is 13.8. The molecule has 204 valence electrons. The minimum atomic E-state index is -3.39. The van der Waals surface area contributed by atoms with E-state index in [1.807, 2.05) is 78.8 Å². The van der Waals surface area contributed by atoms with Crippen molar-refractivity contribution >= 4 is 19.4 Å². The Balaban J connectivity index is 3.28. The van der Waals surface area contributed by atoms with E-state index in [-0.39, 0.29) is 17.7 Å². The van der Waals surface area contributed by atoms with Gasteiger partial charge in [-0.15, -0.1) is 0 Å². The van der Waals surface area contributed by atoms with E-state index in [2.05, 4.69) is 10.6 Å². The van der Waals surface area contributed by atoms with Crippen molar-refractivity contribution in [2.45, 2.75) is 72.0 Å². The van der Waals surface area contributed by atoms with Crippen LogP contribution in [-0.4, -0.2) is 63.2 Å². The lowest BCUT2D eigenvalue weighted by molar-refractivity contribution is -0.140. The van der Waals surface area contributed by atoms with Gasteiger partial charge >= 0.3 is 7.60 Å². The van der Waals surface area contributed by atoms with E-state index < -0.39 is 36.6 Å². The first-order valence-corrected chi connectivity index (χ1v) is 13.9. The first kappa shape index (κ1) is 32.0. The maximum Gasteiger partial charge on any atom is 0.353 e. The minimum Gasteiger partial charge on any atom is -0.342 e. The van der Waals surface area contributed by atoms with Gasteiger partial charge in [0.05, 0.1) is 12.1 Å². The summed E-state index contributed by atoms with van der Waals surface area (Å²) < 4.78 is 22.5. The third-order valence-electron chi connectivity index (χ3n) is 6.64. The molecular formula is C27H46N3O5P. The van der Waals surface area contributed by atoms with E-state index in [1.54, 1.807) is 25.1 Å². The summed E-state index contributed by atoms with van der Waals surface area (Å²) in [5.74, 6) is 0.894. The van der Waals surface area contributed by atoms with Gasteiger partial charge in [0.2, 0.25) is 11.8 Å². The lowest BCUT2D eigenvalue weighted by Crippen LogP contribution is -2.61. The highest BCUT2D eigenvalue weighted by molar-refractivity contribution is 7.57. The molecular weight excluding hydrogens is 477 g/mol. The smallest absolute Gasteiger partial charge is 0.342 e. The number of carbonyl (C=O) groups excluding carboxylic acids is 2. The summed E-state index contributed by atoms with van der Waals surface area (Å²) in [6.07, 6.45) is 1.67. The van der Waals surface area contributed by atoms with E-state index >= 15 is 0 Å². The number of hydrogen-bond acceptors (Lipinski definition) is 6. The van der Waals surface area contributed by atoms with Crippen molar-refractivity contribution in [3.63, 3.8) is 0 Å². The van der Waals surface area contributed by atoms with Crippen molar-refractivity contribution in [1.82, 2.24) is 15.5 Å². The number of nitrogens with one attached hydrogen (secondary N) is 2. The van der Waals surface area contributed by atoms with Gasteiger partial charge in [0.1, 0.15) is 6.04 Å². The molecule has 1 aromatic carbocycles. The van der Waals surface area contributed by atoms with Crippen molar-refractivity contribution in [3.05, 3.63) is 47.8 Å². The van der Waals surface area contributed by atoms with Gasteiger partial charge in [-0.1, -0.05) is 84.9 Å². The SMILES string of the molecule is CN[C@H](C(=O)N[C@H](C(=O)N(C)[C@H](/C=C/P(=O)(OC)OC)C(C)C)C(C)(C)C)C(C)(C)c1ccccc1. The van der Waals surface area contributed by atoms with Crippen LogP contribution in [0.3, 0.4) is 0 Å². The molecule has 0 bridgehead atoms. The zero-order valence-electron chi connectivity index (χ0n) is 23.8. The van der Waals surface area contributed by atoms with Crippen molar-refractivity contribution < 1.29 is 23.2 Å². The Hall–Kier alpha value is -1.99. The molecule has 1 rings (SSSR count). The van der Waals surface area contributed by atoms with Gasteiger partial charge in [0, 0.05) is 32.5 Å². The molecule has 9 heteroatoms. The summed E-state index contributed by atoms with van der Waals surface area (Å²) in [6.45, 7) is 13.7. The average Bonchev–Trinajstić information content (AvgIpc) is 2.81. The average molecular weight is 524 g/mol. The van der Waals surface area contributed by atoms with Crippen LogP contribution in [0, 0.1) is 11.3 Å². The fraction of sp³-hybridized carbons (Fsp3) is 0.630. The molecule has 0 aliphatic heterocycles. The number of likely N-dealkylation sites (N-methyl/N-ethyl adjacent to an activating group) is 2. The van der Waals surface area contributed by atoms with Crippen LogP contribution in [0.25, 0.3) is 0 Å². The van der Waals surface area contributed by atoms with Crippen LogP contribution < -0.4 is 10.6 Å². The Kier molecular flexibility index (Phi) is 11.6. The Morgan fingerprint density at radius 1 is 1.00 bits per heavy atom. The zero-order chi connectivity index (χ0) is 27.9. The highest BCUT2D eigenvalue weighted by Gasteiger charge is 2.41. The van der Waals surface area contributed by atoms with Gasteiger partial charge in [-0.05, 0) is 23.9 Å². The molecule has 0 heterocycles. The van der Waals surface area contributed by atoms with Gasteiger partial charge < -0.3 is 24.6 Å². The predicted octanol–water partition coefficient (Wildman–Crippen LogP) is 4.57.